The zero-order chi connectivity index (χ0) is 48.6. The quantitative estimate of drug-likeness (QED) is 0.0682. The molecule has 2 fully saturated rings. The fourth-order valence-corrected chi connectivity index (χ4v) is 9.92. The average Bonchev–Trinajstić information content (AvgIpc) is 3.38. The van der Waals surface area contributed by atoms with Crippen LogP contribution in [0.2, 0.25) is 10.0 Å². The first kappa shape index (κ1) is 46.0. The van der Waals surface area contributed by atoms with Crippen molar-refractivity contribution in [2.45, 2.75) is 0 Å². The molecule has 6 aromatic carbocycles. The summed E-state index contributed by atoms with van der Waals surface area (Å²) in [6.07, 6.45) is 2.83. The molecular weight excluding hydrogens is 933 g/mol. The summed E-state index contributed by atoms with van der Waals surface area (Å²) in [7, 11) is 1.64. The van der Waals surface area contributed by atoms with Gasteiger partial charge in [-0.15, -0.1) is 0 Å². The molecule has 0 unspecified atom stereocenters. The van der Waals surface area contributed by atoms with Gasteiger partial charge in [0.25, 0.3) is 5.91 Å². The number of halogens is 3. The third kappa shape index (κ3) is 8.78. The van der Waals surface area contributed by atoms with Crippen molar-refractivity contribution >= 4 is 96.0 Å². The number of anilines is 3. The number of fused-ring (bicyclic) bond motifs is 4. The van der Waals surface area contributed by atoms with E-state index in [0.29, 0.717) is 84.9 Å². The molecule has 0 saturated carbocycles. The molecule has 0 radical (unpaired) electrons. The predicted molar refractivity (Wildman–Crippen MR) is 275 cm³/mol. The maximum Gasteiger partial charge on any atom is 0.288 e. The van der Waals surface area contributed by atoms with E-state index >= 15 is 4.39 Å². The number of ether oxygens (including phenoxy) is 2. The van der Waals surface area contributed by atoms with Crippen molar-refractivity contribution in [3.05, 3.63) is 138 Å². The topological polar surface area (TPSA) is 149 Å². The number of nitrogens with one attached hydrogen (secondary N) is 1. The Hall–Kier alpha value is -7.75. The van der Waals surface area contributed by atoms with E-state index in [9.17, 15) is 14.7 Å². The molecule has 10 rings (SSSR count). The van der Waals surface area contributed by atoms with Crippen LogP contribution in [0.3, 0.4) is 0 Å². The lowest BCUT2D eigenvalue weighted by atomic mass is 9.96. The van der Waals surface area contributed by atoms with Crippen LogP contribution in [0.15, 0.2) is 122 Å². The Kier molecular flexibility index (Phi) is 12.7. The summed E-state index contributed by atoms with van der Waals surface area (Å²) in [6, 6.07) is 28.0. The van der Waals surface area contributed by atoms with Crippen molar-refractivity contribution in [3.8, 4) is 33.8 Å². The highest BCUT2D eigenvalue weighted by Crippen LogP contribution is 2.43. The molecule has 0 bridgehead atoms. The van der Waals surface area contributed by atoms with E-state index in [4.69, 9.17) is 37.7 Å². The second-order valence-electron chi connectivity index (χ2n) is 17.0. The van der Waals surface area contributed by atoms with E-state index in [0.717, 1.165) is 44.4 Å². The van der Waals surface area contributed by atoms with Gasteiger partial charge in [0.2, 0.25) is 11.9 Å². The number of methoxy groups -OCH3 is 1. The van der Waals surface area contributed by atoms with Crippen LogP contribution in [0.4, 0.5) is 22.0 Å². The number of phenolic OH excluding ortho intramolecular Hbond substituents is 1. The van der Waals surface area contributed by atoms with E-state index in [1.165, 1.54) is 12.1 Å². The van der Waals surface area contributed by atoms with Crippen LogP contribution in [-0.2, 0) is 14.3 Å². The van der Waals surface area contributed by atoms with E-state index < -0.39 is 5.82 Å². The molecule has 2 aromatic heterocycles. The standard InChI is InChI=1S/C53H46Cl2FN9O5/c1-4-46(67)62-14-16-64(17-15-62)51-42-28-44(55)47(40-25-34(66)23-32-9-5-8-12-37(32)40)48(56)49(42)60-53(61-51)57-13-22-70-31(2)52(68)65-20-18-63(19-21-65)50-41-27-43(54)39(29-45(41)58-30-59-50)38-26-35(69-3)24-33-10-6-7-11-36(33)38/h4-12,23-30,66H,1-2,13-22H2,3H3,(H,57,60,61). The Morgan fingerprint density at radius 3 is 2.13 bits per heavy atom. The van der Waals surface area contributed by atoms with Crippen LogP contribution < -0.4 is 19.9 Å². The van der Waals surface area contributed by atoms with Gasteiger partial charge in [0.15, 0.2) is 11.6 Å². The molecule has 17 heteroatoms. The van der Waals surface area contributed by atoms with Gasteiger partial charge in [-0.3, -0.25) is 9.59 Å². The maximum absolute atomic E-state index is 17.1. The number of benzene rings is 6. The summed E-state index contributed by atoms with van der Waals surface area (Å²) in [4.78, 5) is 52.2. The summed E-state index contributed by atoms with van der Waals surface area (Å²) in [5.74, 6) is 0.712. The Morgan fingerprint density at radius 1 is 0.757 bits per heavy atom. The van der Waals surface area contributed by atoms with Gasteiger partial charge in [0.1, 0.15) is 41.6 Å². The lowest BCUT2D eigenvalue weighted by molar-refractivity contribution is -0.131. The van der Waals surface area contributed by atoms with Crippen LogP contribution in [0, 0.1) is 5.82 Å². The van der Waals surface area contributed by atoms with Crippen LogP contribution in [0.5, 0.6) is 11.5 Å². The Morgan fingerprint density at radius 2 is 1.41 bits per heavy atom. The molecule has 2 N–H and O–H groups in total. The van der Waals surface area contributed by atoms with Gasteiger partial charge < -0.3 is 39.5 Å². The molecule has 70 heavy (non-hydrogen) atoms. The number of hydrogen-bond donors (Lipinski definition) is 2. The number of carbonyl (C=O) groups excluding carboxylic acids is 2. The van der Waals surface area contributed by atoms with Gasteiger partial charge in [-0.05, 0) is 81.2 Å². The number of phenols is 1. The molecule has 0 aliphatic carbocycles. The SMILES string of the molecule is C=CC(=O)N1CCN(c2nc(NCCOC(=C)C(=O)N3CCN(c4ncnc5cc(-c6cc(OC)cc7ccccc67)c(Cl)cc45)CC3)nc3c(F)c(-c4cc(O)cc5ccccc45)c(Cl)cc23)CC1. The number of aromatic hydroxyl groups is 1. The third-order valence-corrected chi connectivity index (χ3v) is 13.5. The first-order chi connectivity index (χ1) is 34.0. The summed E-state index contributed by atoms with van der Waals surface area (Å²) >= 11 is 13.9. The Balaban J connectivity index is 0.823. The summed E-state index contributed by atoms with van der Waals surface area (Å²) < 4.78 is 28.5. The van der Waals surface area contributed by atoms with Crippen molar-refractivity contribution in [2.24, 2.45) is 0 Å². The van der Waals surface area contributed by atoms with Gasteiger partial charge in [-0.25, -0.2) is 19.3 Å². The van der Waals surface area contributed by atoms with Crippen LogP contribution in [-0.4, -0.2) is 119 Å². The highest BCUT2D eigenvalue weighted by molar-refractivity contribution is 6.35. The largest absolute Gasteiger partial charge is 0.508 e. The minimum Gasteiger partial charge on any atom is -0.508 e. The summed E-state index contributed by atoms with van der Waals surface area (Å²) in [6.45, 7) is 11.1. The van der Waals surface area contributed by atoms with Crippen molar-refractivity contribution in [3.63, 3.8) is 0 Å². The molecule has 2 aliphatic rings. The van der Waals surface area contributed by atoms with Crippen molar-refractivity contribution in [1.29, 1.82) is 0 Å². The van der Waals surface area contributed by atoms with E-state index in [-0.39, 0.29) is 58.5 Å². The molecular formula is C53H46Cl2FN9O5. The molecule has 2 amide bonds. The lowest BCUT2D eigenvalue weighted by Gasteiger charge is -2.36. The fourth-order valence-electron chi connectivity index (χ4n) is 9.36. The smallest absolute Gasteiger partial charge is 0.288 e. The van der Waals surface area contributed by atoms with Gasteiger partial charge in [-0.2, -0.15) is 4.98 Å². The summed E-state index contributed by atoms with van der Waals surface area (Å²) in [5, 5.41) is 19.1. The molecule has 2 saturated heterocycles. The highest BCUT2D eigenvalue weighted by atomic mass is 35.5. The molecule has 4 heterocycles. The molecule has 2 aliphatic heterocycles. The number of aromatic nitrogens is 4. The predicted octanol–water partition coefficient (Wildman–Crippen LogP) is 9.50. The number of piperazine rings is 2. The molecule has 354 valence electrons. The average molecular weight is 979 g/mol. The number of rotatable bonds is 12. The van der Waals surface area contributed by atoms with Crippen LogP contribution in [0.1, 0.15) is 0 Å². The first-order valence-corrected chi connectivity index (χ1v) is 23.4. The second-order valence-corrected chi connectivity index (χ2v) is 17.8. The van der Waals surface area contributed by atoms with E-state index in [2.05, 4.69) is 44.4 Å². The van der Waals surface area contributed by atoms with E-state index in [1.54, 1.807) is 35.4 Å². The van der Waals surface area contributed by atoms with Gasteiger partial charge >= 0.3 is 0 Å². The number of hydrogen-bond acceptors (Lipinski definition) is 12. The van der Waals surface area contributed by atoms with Crippen LogP contribution >= 0.6 is 23.2 Å². The molecule has 8 aromatic rings. The van der Waals surface area contributed by atoms with Crippen molar-refractivity contribution < 1.29 is 28.6 Å². The minimum atomic E-state index is -0.690. The van der Waals surface area contributed by atoms with Gasteiger partial charge in [0, 0.05) is 79.3 Å². The monoisotopic (exact) mass is 977 g/mol. The maximum atomic E-state index is 17.1. The Labute approximate surface area is 412 Å². The number of amides is 2. The van der Waals surface area contributed by atoms with E-state index in [1.807, 2.05) is 71.6 Å². The zero-order valence-electron chi connectivity index (χ0n) is 38.1. The Bertz CT molecular complexity index is 3420. The molecule has 14 nitrogen and oxygen atoms in total. The van der Waals surface area contributed by atoms with Crippen molar-refractivity contribution in [2.75, 3.05) is 87.7 Å². The van der Waals surface area contributed by atoms with Crippen LogP contribution in [0.25, 0.3) is 65.6 Å². The lowest BCUT2D eigenvalue weighted by Crippen LogP contribution is -2.49. The third-order valence-electron chi connectivity index (χ3n) is 12.9. The zero-order valence-corrected chi connectivity index (χ0v) is 39.6. The summed E-state index contributed by atoms with van der Waals surface area (Å²) in [5.41, 5.74) is 2.99. The van der Waals surface area contributed by atoms with Gasteiger partial charge in [0.05, 0.1) is 24.2 Å². The molecule has 0 atom stereocenters. The number of carbonyl (C=O) groups is 2. The highest BCUT2D eigenvalue weighted by Gasteiger charge is 2.28. The minimum absolute atomic E-state index is 0.00772. The first-order valence-electron chi connectivity index (χ1n) is 22.7. The fraction of sp³-hybridized carbons (Fsp3) is 0.208. The van der Waals surface area contributed by atoms with Crippen molar-refractivity contribution in [1.82, 2.24) is 29.7 Å². The normalized spacial score (nSPS) is 14.1. The molecule has 0 spiro atoms. The van der Waals surface area contributed by atoms with Gasteiger partial charge in [-0.1, -0.05) is 84.9 Å². The number of nitrogens with zero attached hydrogens (tertiary/aromatic N) is 8. The second kappa shape index (κ2) is 19.3.